The molecule has 37 heavy (non-hydrogen) atoms. The van der Waals surface area contributed by atoms with E-state index in [2.05, 4.69) is 42.8 Å². The van der Waals surface area contributed by atoms with Crippen molar-refractivity contribution in [2.45, 2.75) is 56.5 Å². The third-order valence-electron chi connectivity index (χ3n) is 8.29. The van der Waals surface area contributed by atoms with Crippen LogP contribution in [0.5, 0.6) is 0 Å². The highest BCUT2D eigenvalue weighted by Gasteiger charge is 2.43. The van der Waals surface area contributed by atoms with Crippen LogP contribution >= 0.6 is 0 Å². The summed E-state index contributed by atoms with van der Waals surface area (Å²) in [5, 5.41) is 15.0. The molecule has 1 aromatic heterocycles. The van der Waals surface area contributed by atoms with Crippen molar-refractivity contribution in [3.05, 3.63) is 35.5 Å². The number of urea groups is 1. The number of fused-ring (bicyclic) bond motifs is 1. The third-order valence-corrected chi connectivity index (χ3v) is 8.29. The normalized spacial score (nSPS) is 24.4. The molecule has 3 amide bonds. The summed E-state index contributed by atoms with van der Waals surface area (Å²) in [4.78, 5) is 35.8. The Morgan fingerprint density at radius 3 is 2.41 bits per heavy atom. The molecule has 4 saturated heterocycles. The van der Waals surface area contributed by atoms with Gasteiger partial charge in [0.2, 0.25) is 5.95 Å². The standard InChI is InChI=1S/C26H35N9O2/c27-23(36)22-24(29-19-7-5-17(6-8-19)18-9-11-28-12-10-18)30-25(32-31-22)33-13-1-3-20(15-33)35-16-21-4-2-14-34(21)26(35)37/h5-8,18,20-21,28H,1-4,9-16H2,(H2,27,36)(H,29,30,32). The van der Waals surface area contributed by atoms with E-state index in [9.17, 15) is 9.59 Å². The Morgan fingerprint density at radius 1 is 0.946 bits per heavy atom. The number of nitrogens with one attached hydrogen (secondary N) is 2. The van der Waals surface area contributed by atoms with E-state index >= 15 is 0 Å². The first-order valence-electron chi connectivity index (χ1n) is 13.5. The Bertz CT molecular complexity index is 1150. The molecule has 4 N–H and O–H groups in total. The number of hydrogen-bond acceptors (Lipinski definition) is 8. The lowest BCUT2D eigenvalue weighted by atomic mass is 9.90. The molecule has 2 aromatic rings. The van der Waals surface area contributed by atoms with Gasteiger partial charge in [-0.1, -0.05) is 12.1 Å². The molecule has 4 aliphatic heterocycles. The summed E-state index contributed by atoms with van der Waals surface area (Å²) >= 11 is 0. The zero-order valence-corrected chi connectivity index (χ0v) is 21.1. The molecular weight excluding hydrogens is 470 g/mol. The summed E-state index contributed by atoms with van der Waals surface area (Å²) in [6.07, 6.45) is 6.36. The van der Waals surface area contributed by atoms with Crippen LogP contribution < -0.4 is 21.3 Å². The summed E-state index contributed by atoms with van der Waals surface area (Å²) in [6, 6.07) is 8.90. The van der Waals surface area contributed by atoms with Crippen molar-refractivity contribution in [2.75, 3.05) is 49.5 Å². The lowest BCUT2D eigenvalue weighted by Gasteiger charge is -2.37. The Morgan fingerprint density at radius 2 is 1.68 bits per heavy atom. The maximum Gasteiger partial charge on any atom is 0.320 e. The smallest absolute Gasteiger partial charge is 0.320 e. The predicted molar refractivity (Wildman–Crippen MR) is 140 cm³/mol. The molecule has 2 atom stereocenters. The second-order valence-electron chi connectivity index (χ2n) is 10.6. The molecule has 5 heterocycles. The first kappa shape index (κ1) is 23.9. The number of nitrogens with two attached hydrogens (primary N) is 1. The highest BCUT2D eigenvalue weighted by Crippen LogP contribution is 2.31. The number of rotatable bonds is 6. The number of carbonyl (C=O) groups excluding carboxylic acids is 2. The molecule has 0 radical (unpaired) electrons. The number of primary amides is 1. The van der Waals surface area contributed by atoms with Gasteiger partial charge in [0.05, 0.1) is 12.1 Å². The van der Waals surface area contributed by atoms with Gasteiger partial charge in [-0.25, -0.2) is 4.79 Å². The van der Waals surface area contributed by atoms with Crippen LogP contribution in [0.3, 0.4) is 0 Å². The summed E-state index contributed by atoms with van der Waals surface area (Å²) in [5.41, 5.74) is 7.73. The fourth-order valence-electron chi connectivity index (χ4n) is 6.28. The highest BCUT2D eigenvalue weighted by atomic mass is 16.2. The molecular formula is C26H35N9O2. The zero-order valence-electron chi connectivity index (χ0n) is 21.1. The molecule has 11 nitrogen and oxygen atoms in total. The van der Waals surface area contributed by atoms with Gasteiger partial charge in [-0.05, 0) is 75.2 Å². The lowest BCUT2D eigenvalue weighted by molar-refractivity contribution is 0.0995. The van der Waals surface area contributed by atoms with Gasteiger partial charge < -0.3 is 31.1 Å². The second kappa shape index (κ2) is 10.1. The second-order valence-corrected chi connectivity index (χ2v) is 10.6. The van der Waals surface area contributed by atoms with E-state index < -0.39 is 5.91 Å². The minimum atomic E-state index is -0.680. The van der Waals surface area contributed by atoms with Crippen LogP contribution in [-0.4, -0.2) is 88.3 Å². The highest BCUT2D eigenvalue weighted by molar-refractivity contribution is 5.96. The number of amides is 3. The number of aromatic nitrogens is 3. The van der Waals surface area contributed by atoms with Crippen molar-refractivity contribution < 1.29 is 9.59 Å². The minimum Gasteiger partial charge on any atom is -0.364 e. The number of benzene rings is 1. The van der Waals surface area contributed by atoms with Crippen molar-refractivity contribution in [2.24, 2.45) is 5.73 Å². The Labute approximate surface area is 216 Å². The van der Waals surface area contributed by atoms with Gasteiger partial charge in [0, 0.05) is 31.9 Å². The minimum absolute atomic E-state index is 0.00934. The Balaban J connectivity index is 1.18. The molecule has 6 rings (SSSR count). The zero-order chi connectivity index (χ0) is 25.4. The monoisotopic (exact) mass is 505 g/mol. The molecule has 11 heteroatoms. The molecule has 0 aliphatic carbocycles. The fraction of sp³-hybridized carbons (Fsp3) is 0.577. The SMILES string of the molecule is NC(=O)c1nnc(N2CCCC(N3CC4CCCN4C3=O)C2)nc1Nc1ccc(C2CCNCC2)cc1. The van der Waals surface area contributed by atoms with Gasteiger partial charge in [0.15, 0.2) is 11.5 Å². The first-order chi connectivity index (χ1) is 18.1. The molecule has 4 fully saturated rings. The first-order valence-corrected chi connectivity index (χ1v) is 13.5. The Kier molecular flexibility index (Phi) is 6.54. The van der Waals surface area contributed by atoms with E-state index in [1.54, 1.807) is 0 Å². The number of nitrogens with zero attached hydrogens (tertiary/aromatic N) is 6. The van der Waals surface area contributed by atoms with E-state index in [-0.39, 0.29) is 17.8 Å². The molecule has 0 bridgehead atoms. The summed E-state index contributed by atoms with van der Waals surface area (Å²) in [5.74, 6) is 0.623. The number of carbonyl (C=O) groups is 2. The van der Waals surface area contributed by atoms with Crippen molar-refractivity contribution in [3.8, 4) is 0 Å². The van der Waals surface area contributed by atoms with E-state index in [0.29, 0.717) is 30.3 Å². The van der Waals surface area contributed by atoms with Crippen LogP contribution in [0.25, 0.3) is 0 Å². The van der Waals surface area contributed by atoms with Crippen LogP contribution in [-0.2, 0) is 0 Å². The van der Waals surface area contributed by atoms with E-state index in [1.807, 2.05) is 21.9 Å². The van der Waals surface area contributed by atoms with Gasteiger partial charge in [-0.15, -0.1) is 10.2 Å². The molecule has 0 saturated carbocycles. The maximum absolute atomic E-state index is 13.0. The van der Waals surface area contributed by atoms with Crippen molar-refractivity contribution >= 4 is 29.4 Å². The largest absolute Gasteiger partial charge is 0.364 e. The average Bonchev–Trinajstić information content (AvgIpc) is 3.52. The lowest BCUT2D eigenvalue weighted by Crippen LogP contribution is -2.50. The summed E-state index contributed by atoms with van der Waals surface area (Å²) in [7, 11) is 0. The maximum atomic E-state index is 13.0. The van der Waals surface area contributed by atoms with Gasteiger partial charge in [-0.2, -0.15) is 4.98 Å². The summed E-state index contributed by atoms with van der Waals surface area (Å²) < 4.78 is 0. The van der Waals surface area contributed by atoms with Gasteiger partial charge >= 0.3 is 6.03 Å². The predicted octanol–water partition coefficient (Wildman–Crippen LogP) is 2.05. The molecule has 2 unspecified atom stereocenters. The van der Waals surface area contributed by atoms with Gasteiger partial charge in [0.25, 0.3) is 5.91 Å². The van der Waals surface area contributed by atoms with Crippen molar-refractivity contribution in [1.29, 1.82) is 0 Å². The molecule has 1 aromatic carbocycles. The van der Waals surface area contributed by atoms with E-state index in [4.69, 9.17) is 5.73 Å². The molecule has 0 spiro atoms. The number of hydrogen-bond donors (Lipinski definition) is 3. The van der Waals surface area contributed by atoms with Crippen LogP contribution in [0.4, 0.5) is 22.2 Å². The summed E-state index contributed by atoms with van der Waals surface area (Å²) in [6.45, 7) is 5.18. The van der Waals surface area contributed by atoms with Crippen molar-refractivity contribution in [3.63, 3.8) is 0 Å². The van der Waals surface area contributed by atoms with Crippen LogP contribution in [0.2, 0.25) is 0 Å². The van der Waals surface area contributed by atoms with Crippen LogP contribution in [0.1, 0.15) is 60.5 Å². The topological polar surface area (TPSA) is 133 Å². The van der Waals surface area contributed by atoms with Crippen LogP contribution in [0, 0.1) is 0 Å². The molecule has 4 aliphatic rings. The average molecular weight is 506 g/mol. The fourth-order valence-corrected chi connectivity index (χ4v) is 6.28. The molecule has 196 valence electrons. The number of piperidine rings is 2. The van der Waals surface area contributed by atoms with Gasteiger partial charge in [0.1, 0.15) is 0 Å². The third kappa shape index (κ3) is 4.79. The van der Waals surface area contributed by atoms with Crippen LogP contribution in [0.15, 0.2) is 24.3 Å². The van der Waals surface area contributed by atoms with E-state index in [1.165, 1.54) is 5.56 Å². The van der Waals surface area contributed by atoms with Crippen molar-refractivity contribution in [1.82, 2.24) is 30.3 Å². The quantitative estimate of drug-likeness (QED) is 0.543. The van der Waals surface area contributed by atoms with Gasteiger partial charge in [-0.3, -0.25) is 4.79 Å². The number of anilines is 3. The van der Waals surface area contributed by atoms with E-state index in [0.717, 1.165) is 76.9 Å². The Hall–Kier alpha value is -3.47.